The molecular formula is C10H22N2O3. The third-order valence-corrected chi connectivity index (χ3v) is 2.20. The highest BCUT2D eigenvalue weighted by Crippen LogP contribution is 1.97. The van der Waals surface area contributed by atoms with Gasteiger partial charge in [-0.2, -0.15) is 0 Å². The first-order valence-electron chi connectivity index (χ1n) is 5.14. The predicted molar refractivity (Wildman–Crippen MR) is 58.7 cm³/mol. The zero-order chi connectivity index (χ0) is 11.8. The molecule has 0 aromatic rings. The molecule has 0 radical (unpaired) electrons. The molecule has 90 valence electrons. The Kier molecular flexibility index (Phi) is 7.29. The zero-order valence-corrected chi connectivity index (χ0v) is 9.99. The number of rotatable bonds is 7. The van der Waals surface area contributed by atoms with E-state index in [1.165, 1.54) is 0 Å². The normalized spacial score (nSPS) is 15.1. The van der Waals surface area contributed by atoms with Crippen LogP contribution in [0.25, 0.3) is 0 Å². The van der Waals surface area contributed by atoms with Crippen molar-refractivity contribution in [1.29, 1.82) is 0 Å². The highest BCUT2D eigenvalue weighted by molar-refractivity contribution is 5.81. The van der Waals surface area contributed by atoms with Crippen molar-refractivity contribution >= 4 is 5.91 Å². The van der Waals surface area contributed by atoms with Gasteiger partial charge in [0.25, 0.3) is 0 Å². The van der Waals surface area contributed by atoms with Gasteiger partial charge in [0.15, 0.2) is 0 Å². The quantitative estimate of drug-likeness (QED) is 0.563. The Hall–Kier alpha value is -0.650. The average molecular weight is 218 g/mol. The maximum Gasteiger partial charge on any atom is 0.237 e. The highest BCUT2D eigenvalue weighted by Gasteiger charge is 2.18. The van der Waals surface area contributed by atoms with Gasteiger partial charge in [-0.15, -0.1) is 0 Å². The van der Waals surface area contributed by atoms with Gasteiger partial charge in [0.2, 0.25) is 5.91 Å². The van der Waals surface area contributed by atoms with Gasteiger partial charge in [-0.1, -0.05) is 0 Å². The van der Waals surface area contributed by atoms with Crippen molar-refractivity contribution in [3.05, 3.63) is 0 Å². The summed E-state index contributed by atoms with van der Waals surface area (Å²) in [7, 11) is 3.41. The Bertz CT molecular complexity index is 186. The molecule has 5 heteroatoms. The molecule has 0 aliphatic rings. The summed E-state index contributed by atoms with van der Waals surface area (Å²) in [6.45, 7) is 5.02. The minimum Gasteiger partial charge on any atom is -0.392 e. The maximum atomic E-state index is 11.6. The van der Waals surface area contributed by atoms with Gasteiger partial charge in [-0.3, -0.25) is 9.69 Å². The van der Waals surface area contributed by atoms with Crippen molar-refractivity contribution in [3.8, 4) is 0 Å². The van der Waals surface area contributed by atoms with E-state index in [1.54, 1.807) is 14.0 Å². The van der Waals surface area contributed by atoms with Crippen LogP contribution in [0.1, 0.15) is 13.8 Å². The molecule has 0 aliphatic carbocycles. The van der Waals surface area contributed by atoms with Gasteiger partial charge in [-0.25, -0.2) is 0 Å². The minimum atomic E-state index is -0.427. The average Bonchev–Trinajstić information content (AvgIpc) is 2.15. The fourth-order valence-electron chi connectivity index (χ4n) is 1.20. The molecule has 15 heavy (non-hydrogen) atoms. The van der Waals surface area contributed by atoms with Crippen LogP contribution in [0.5, 0.6) is 0 Å². The Morgan fingerprint density at radius 2 is 2.13 bits per heavy atom. The summed E-state index contributed by atoms with van der Waals surface area (Å²) in [6, 6.07) is -0.239. The SMILES string of the molecule is COCCNC(=O)C(C)N(C)CC(C)O. The van der Waals surface area contributed by atoms with Crippen molar-refractivity contribution in [3.63, 3.8) is 0 Å². The number of carbonyl (C=O) groups is 1. The number of aliphatic hydroxyl groups is 1. The van der Waals surface area contributed by atoms with Gasteiger partial charge in [0.1, 0.15) is 0 Å². The van der Waals surface area contributed by atoms with E-state index in [9.17, 15) is 9.90 Å². The lowest BCUT2D eigenvalue weighted by Crippen LogP contribution is -2.46. The first-order valence-corrected chi connectivity index (χ1v) is 5.14. The lowest BCUT2D eigenvalue weighted by Gasteiger charge is -2.24. The lowest BCUT2D eigenvalue weighted by molar-refractivity contribution is -0.125. The number of aliphatic hydroxyl groups excluding tert-OH is 1. The topological polar surface area (TPSA) is 61.8 Å². The second-order valence-corrected chi connectivity index (χ2v) is 3.75. The van der Waals surface area contributed by atoms with E-state index in [0.29, 0.717) is 19.7 Å². The fourth-order valence-corrected chi connectivity index (χ4v) is 1.20. The largest absolute Gasteiger partial charge is 0.392 e. The van der Waals surface area contributed by atoms with Crippen molar-refractivity contribution in [2.45, 2.75) is 26.0 Å². The number of ether oxygens (including phenoxy) is 1. The first-order chi connectivity index (χ1) is 6.99. The molecule has 0 saturated heterocycles. The third-order valence-electron chi connectivity index (χ3n) is 2.20. The van der Waals surface area contributed by atoms with E-state index in [1.807, 2.05) is 18.9 Å². The van der Waals surface area contributed by atoms with Crippen LogP contribution in [0.4, 0.5) is 0 Å². The summed E-state index contributed by atoms with van der Waals surface area (Å²) in [5.74, 6) is -0.0461. The molecule has 0 spiro atoms. The number of nitrogens with one attached hydrogen (secondary N) is 1. The standard InChI is InChI=1S/C10H22N2O3/c1-8(13)7-12(3)9(2)10(14)11-5-6-15-4/h8-9,13H,5-7H2,1-4H3,(H,11,14). The van der Waals surface area contributed by atoms with E-state index in [0.717, 1.165) is 0 Å². The summed E-state index contributed by atoms with van der Waals surface area (Å²) < 4.78 is 4.83. The number of carbonyl (C=O) groups excluding carboxylic acids is 1. The molecule has 5 nitrogen and oxygen atoms in total. The van der Waals surface area contributed by atoms with Gasteiger partial charge in [0.05, 0.1) is 18.8 Å². The second-order valence-electron chi connectivity index (χ2n) is 3.75. The van der Waals surface area contributed by atoms with Gasteiger partial charge < -0.3 is 15.2 Å². The minimum absolute atomic E-state index is 0.0461. The molecule has 0 fully saturated rings. The molecule has 0 aromatic carbocycles. The van der Waals surface area contributed by atoms with E-state index < -0.39 is 6.10 Å². The molecular weight excluding hydrogens is 196 g/mol. The molecule has 0 aromatic heterocycles. The fraction of sp³-hybridized carbons (Fsp3) is 0.900. The van der Waals surface area contributed by atoms with Gasteiger partial charge in [0, 0.05) is 20.2 Å². The Balaban J connectivity index is 3.85. The number of likely N-dealkylation sites (N-methyl/N-ethyl adjacent to an activating group) is 1. The van der Waals surface area contributed by atoms with Crippen LogP contribution in [0.15, 0.2) is 0 Å². The van der Waals surface area contributed by atoms with Crippen LogP contribution in [0.3, 0.4) is 0 Å². The van der Waals surface area contributed by atoms with Crippen molar-refractivity contribution in [1.82, 2.24) is 10.2 Å². The Labute approximate surface area is 91.4 Å². The molecule has 0 saturated carbocycles. The molecule has 0 heterocycles. The second kappa shape index (κ2) is 7.62. The lowest BCUT2D eigenvalue weighted by atomic mass is 10.2. The molecule has 1 amide bonds. The van der Waals surface area contributed by atoms with Crippen LogP contribution < -0.4 is 5.32 Å². The number of methoxy groups -OCH3 is 1. The first kappa shape index (κ1) is 14.3. The molecule has 2 atom stereocenters. The van der Waals surface area contributed by atoms with Gasteiger partial charge >= 0.3 is 0 Å². The molecule has 0 rings (SSSR count). The van der Waals surface area contributed by atoms with Crippen molar-refractivity contribution < 1.29 is 14.6 Å². The van der Waals surface area contributed by atoms with E-state index in [4.69, 9.17) is 4.74 Å². The van der Waals surface area contributed by atoms with Gasteiger partial charge in [-0.05, 0) is 20.9 Å². The summed E-state index contributed by atoms with van der Waals surface area (Å²) in [5.41, 5.74) is 0. The monoisotopic (exact) mass is 218 g/mol. The van der Waals surface area contributed by atoms with Crippen LogP contribution in [0.2, 0.25) is 0 Å². The molecule has 0 bridgehead atoms. The van der Waals surface area contributed by atoms with Crippen molar-refractivity contribution in [2.75, 3.05) is 33.9 Å². The molecule has 2 N–H and O–H groups in total. The zero-order valence-electron chi connectivity index (χ0n) is 9.99. The maximum absolute atomic E-state index is 11.6. The summed E-state index contributed by atoms with van der Waals surface area (Å²) >= 11 is 0. The number of hydrogen-bond acceptors (Lipinski definition) is 4. The van der Waals surface area contributed by atoms with Crippen LogP contribution in [-0.4, -0.2) is 61.9 Å². The number of nitrogens with zero attached hydrogens (tertiary/aromatic N) is 1. The van der Waals surface area contributed by atoms with Crippen LogP contribution >= 0.6 is 0 Å². The third kappa shape index (κ3) is 6.43. The van der Waals surface area contributed by atoms with Crippen LogP contribution in [0, 0.1) is 0 Å². The van der Waals surface area contributed by atoms with E-state index in [2.05, 4.69) is 5.32 Å². The summed E-state index contributed by atoms with van der Waals surface area (Å²) in [5, 5.41) is 11.9. The van der Waals surface area contributed by atoms with Crippen molar-refractivity contribution in [2.24, 2.45) is 0 Å². The number of amides is 1. The predicted octanol–water partition coefficient (Wildman–Crippen LogP) is -0.550. The Morgan fingerprint density at radius 1 is 1.53 bits per heavy atom. The summed E-state index contributed by atoms with van der Waals surface area (Å²) in [6.07, 6.45) is -0.427. The Morgan fingerprint density at radius 3 is 2.60 bits per heavy atom. The molecule has 2 unspecified atom stereocenters. The number of hydrogen-bond donors (Lipinski definition) is 2. The smallest absolute Gasteiger partial charge is 0.237 e. The summed E-state index contributed by atoms with van der Waals surface area (Å²) in [4.78, 5) is 13.4. The highest BCUT2D eigenvalue weighted by atomic mass is 16.5. The van der Waals surface area contributed by atoms with E-state index >= 15 is 0 Å². The van der Waals surface area contributed by atoms with Crippen LogP contribution in [-0.2, 0) is 9.53 Å². The molecule has 0 aliphatic heterocycles. The van der Waals surface area contributed by atoms with E-state index in [-0.39, 0.29) is 11.9 Å².